The Balaban J connectivity index is 0.776. The highest BCUT2D eigenvalue weighted by atomic mass is 32.1. The minimum absolute atomic E-state index is 0.244. The quantitative estimate of drug-likeness (QED) is 0.133. The second-order valence-corrected chi connectivity index (χ2v) is 23.4. The first kappa shape index (κ1) is 47.9. The molecule has 0 aliphatic heterocycles. The first-order valence-electron chi connectivity index (χ1n) is 28.4. The number of fused-ring (bicyclic) bond motifs is 13. The molecule has 0 spiro atoms. The van der Waals surface area contributed by atoms with Gasteiger partial charge in [-0.15, -0.1) is 11.3 Å². The van der Waals surface area contributed by atoms with Gasteiger partial charge in [-0.05, 0) is 178 Å². The molecule has 1 heterocycles. The van der Waals surface area contributed by atoms with Crippen molar-refractivity contribution in [1.82, 2.24) is 0 Å². The largest absolute Gasteiger partial charge is 0.310 e. The third-order valence-electron chi connectivity index (χ3n) is 17.4. The van der Waals surface area contributed by atoms with Crippen LogP contribution in [-0.2, 0) is 5.41 Å². The first-order chi connectivity index (χ1) is 40.4. The number of thiophene rings is 1. The topological polar surface area (TPSA) is 6.48 Å². The normalized spacial score (nSPS) is 12.6. The summed E-state index contributed by atoms with van der Waals surface area (Å²) in [6.45, 7) is 4.81. The van der Waals surface area contributed by atoms with Crippen molar-refractivity contribution in [2.75, 3.05) is 9.80 Å². The van der Waals surface area contributed by atoms with Crippen molar-refractivity contribution in [3.8, 4) is 44.5 Å². The van der Waals surface area contributed by atoms with E-state index in [4.69, 9.17) is 0 Å². The number of anilines is 6. The molecule has 3 heteroatoms. The van der Waals surface area contributed by atoms with Gasteiger partial charge in [-0.2, -0.15) is 0 Å². The van der Waals surface area contributed by atoms with Crippen LogP contribution >= 0.6 is 11.3 Å². The Morgan fingerprint density at radius 1 is 0.268 bits per heavy atom. The number of para-hydroxylation sites is 1. The molecular formula is C79H54N2S. The van der Waals surface area contributed by atoms with E-state index in [-0.39, 0.29) is 5.41 Å². The predicted octanol–water partition coefficient (Wildman–Crippen LogP) is 22.9. The van der Waals surface area contributed by atoms with Crippen LogP contribution in [0.1, 0.15) is 25.0 Å². The van der Waals surface area contributed by atoms with Gasteiger partial charge in [0.15, 0.2) is 0 Å². The molecule has 0 saturated heterocycles. The average molecular weight is 1060 g/mol. The van der Waals surface area contributed by atoms with Crippen LogP contribution < -0.4 is 9.80 Å². The molecule has 15 aromatic rings. The molecule has 386 valence electrons. The molecule has 2 nitrogen and oxygen atoms in total. The SMILES string of the molecule is CC1(C)c2cc(-c3cccc4c3sc3ccccc34)ccc2-c2ccc(N(c3ccc(-c4ccc(N(c5ccccc5)c5cccc6ccccc56)cc4)cc3)c3ccc(-c4ccc5c6ccccc6c6ccccc6c5c4)cc3)cc21. The van der Waals surface area contributed by atoms with Gasteiger partial charge < -0.3 is 9.80 Å². The van der Waals surface area contributed by atoms with Gasteiger partial charge >= 0.3 is 0 Å². The molecule has 0 fully saturated rings. The maximum Gasteiger partial charge on any atom is 0.0540 e. The van der Waals surface area contributed by atoms with Crippen LogP contribution in [0.15, 0.2) is 291 Å². The maximum absolute atomic E-state index is 2.47. The third kappa shape index (κ3) is 7.76. The zero-order chi connectivity index (χ0) is 54.5. The highest BCUT2D eigenvalue weighted by Crippen LogP contribution is 2.53. The Kier molecular flexibility index (Phi) is 11.1. The van der Waals surface area contributed by atoms with Crippen LogP contribution in [0.5, 0.6) is 0 Å². The number of benzene rings is 14. The fraction of sp³-hybridized carbons (Fsp3) is 0.0380. The first-order valence-corrected chi connectivity index (χ1v) is 29.2. The Morgan fingerprint density at radius 2 is 0.720 bits per heavy atom. The fourth-order valence-electron chi connectivity index (χ4n) is 13.4. The zero-order valence-electron chi connectivity index (χ0n) is 45.5. The smallest absolute Gasteiger partial charge is 0.0540 e. The van der Waals surface area contributed by atoms with Crippen LogP contribution in [0.4, 0.5) is 34.1 Å². The number of hydrogen-bond acceptors (Lipinski definition) is 3. The van der Waals surface area contributed by atoms with Crippen LogP contribution in [0, 0.1) is 0 Å². The average Bonchev–Trinajstić information content (AvgIpc) is 3.83. The molecule has 82 heavy (non-hydrogen) atoms. The maximum atomic E-state index is 2.47. The molecule has 1 aliphatic rings. The van der Waals surface area contributed by atoms with Crippen molar-refractivity contribution < 1.29 is 0 Å². The summed E-state index contributed by atoms with van der Waals surface area (Å²) in [7, 11) is 0. The molecule has 14 aromatic carbocycles. The lowest BCUT2D eigenvalue weighted by atomic mass is 9.81. The molecular weight excluding hydrogens is 1010 g/mol. The fourth-order valence-corrected chi connectivity index (χ4v) is 14.6. The van der Waals surface area contributed by atoms with E-state index in [1.54, 1.807) is 0 Å². The van der Waals surface area contributed by atoms with Crippen molar-refractivity contribution >= 4 is 109 Å². The van der Waals surface area contributed by atoms with E-state index in [9.17, 15) is 0 Å². The third-order valence-corrected chi connectivity index (χ3v) is 18.7. The number of nitrogens with zero attached hydrogens (tertiary/aromatic N) is 2. The van der Waals surface area contributed by atoms with Gasteiger partial charge in [0, 0.05) is 59.4 Å². The van der Waals surface area contributed by atoms with Crippen molar-refractivity contribution in [3.05, 3.63) is 302 Å². The standard InChI is InChI=1S/C79H54N2S/c1-79(2)74-49-56(63-26-15-27-72-71-25-12-13-29-77(71)82-78(63)72)37-46-69(74)70-47-44-61(50-75(70)79)80(59-40-34-53(35-41-59)55-36-45-68-66-23-9-8-21-64(66)65-22-10-11-24-67(65)73(68)48-55)58-38-30-51(31-39-58)52-32-42-60(43-33-52)81(57-18-4-3-5-19-57)76-28-14-17-54-16-6-7-20-62(54)76/h3-50H,1-2H3. The Labute approximate surface area is 481 Å². The molecule has 0 N–H and O–H groups in total. The lowest BCUT2D eigenvalue weighted by Gasteiger charge is -2.28. The van der Waals surface area contributed by atoms with E-state index in [2.05, 4.69) is 315 Å². The molecule has 0 saturated carbocycles. The summed E-state index contributed by atoms with van der Waals surface area (Å²) >= 11 is 1.90. The molecule has 1 aromatic heterocycles. The molecule has 16 rings (SSSR count). The highest BCUT2D eigenvalue weighted by Gasteiger charge is 2.36. The van der Waals surface area contributed by atoms with E-state index in [0.29, 0.717) is 0 Å². The lowest BCUT2D eigenvalue weighted by Crippen LogP contribution is -2.16. The number of rotatable bonds is 9. The van der Waals surface area contributed by atoms with E-state index in [0.717, 1.165) is 45.3 Å². The van der Waals surface area contributed by atoms with E-state index in [1.807, 2.05) is 11.3 Å². The Hall–Kier alpha value is -10.1. The van der Waals surface area contributed by atoms with Crippen LogP contribution in [0.25, 0.3) is 108 Å². The monoisotopic (exact) mass is 1060 g/mol. The van der Waals surface area contributed by atoms with Gasteiger partial charge in [0.05, 0.1) is 5.69 Å². The number of hydrogen-bond donors (Lipinski definition) is 0. The second-order valence-electron chi connectivity index (χ2n) is 22.4. The molecule has 0 atom stereocenters. The van der Waals surface area contributed by atoms with Gasteiger partial charge in [-0.3, -0.25) is 0 Å². The van der Waals surface area contributed by atoms with Crippen molar-refractivity contribution in [2.45, 2.75) is 19.3 Å². The zero-order valence-corrected chi connectivity index (χ0v) is 46.3. The van der Waals surface area contributed by atoms with Gasteiger partial charge in [-0.25, -0.2) is 0 Å². The van der Waals surface area contributed by atoms with E-state index >= 15 is 0 Å². The summed E-state index contributed by atoms with van der Waals surface area (Å²) in [5.74, 6) is 0. The van der Waals surface area contributed by atoms with E-state index < -0.39 is 0 Å². The van der Waals surface area contributed by atoms with Crippen LogP contribution in [0.2, 0.25) is 0 Å². The summed E-state index contributed by atoms with van der Waals surface area (Å²) in [6, 6.07) is 108. The summed E-state index contributed by atoms with van der Waals surface area (Å²) in [4.78, 5) is 4.80. The van der Waals surface area contributed by atoms with Gasteiger partial charge in [0.1, 0.15) is 0 Å². The summed E-state index contributed by atoms with van der Waals surface area (Å²) < 4.78 is 2.67. The van der Waals surface area contributed by atoms with Crippen LogP contribution in [-0.4, -0.2) is 0 Å². The summed E-state index contributed by atoms with van der Waals surface area (Å²) in [5.41, 5.74) is 19.0. The molecule has 1 aliphatic carbocycles. The Morgan fingerprint density at radius 3 is 1.39 bits per heavy atom. The van der Waals surface area contributed by atoms with Gasteiger partial charge in [-0.1, -0.05) is 220 Å². The van der Waals surface area contributed by atoms with Gasteiger partial charge in [0.25, 0.3) is 0 Å². The summed E-state index contributed by atoms with van der Waals surface area (Å²) in [6.07, 6.45) is 0. The van der Waals surface area contributed by atoms with Crippen molar-refractivity contribution in [2.24, 2.45) is 0 Å². The second kappa shape index (κ2) is 19.1. The Bertz CT molecular complexity index is 4960. The van der Waals surface area contributed by atoms with Crippen molar-refractivity contribution in [3.63, 3.8) is 0 Å². The predicted molar refractivity (Wildman–Crippen MR) is 353 cm³/mol. The highest BCUT2D eigenvalue weighted by molar-refractivity contribution is 7.26. The van der Waals surface area contributed by atoms with E-state index in [1.165, 1.54) is 108 Å². The molecule has 0 bridgehead atoms. The molecule has 0 amide bonds. The lowest BCUT2D eigenvalue weighted by molar-refractivity contribution is 0.660. The molecule has 0 unspecified atom stereocenters. The minimum Gasteiger partial charge on any atom is -0.310 e. The van der Waals surface area contributed by atoms with Gasteiger partial charge in [0.2, 0.25) is 0 Å². The summed E-state index contributed by atoms with van der Waals surface area (Å²) in [5, 5.41) is 12.8. The minimum atomic E-state index is -0.244. The molecule has 0 radical (unpaired) electrons. The van der Waals surface area contributed by atoms with Crippen LogP contribution in [0.3, 0.4) is 0 Å². The van der Waals surface area contributed by atoms with Crippen molar-refractivity contribution in [1.29, 1.82) is 0 Å².